The molecule has 1 aliphatic carbocycles. The Balaban J connectivity index is 1.37. The Morgan fingerprint density at radius 1 is 1.07 bits per heavy atom. The molecule has 4 rings (SSSR count). The van der Waals surface area contributed by atoms with E-state index in [2.05, 4.69) is 0 Å². The number of carbonyl (C=O) groups excluding carboxylic acids is 1. The van der Waals surface area contributed by atoms with Gasteiger partial charge in [-0.1, -0.05) is 0 Å². The maximum absolute atomic E-state index is 12.7. The van der Waals surface area contributed by atoms with Gasteiger partial charge in [0.2, 0.25) is 10.0 Å². The summed E-state index contributed by atoms with van der Waals surface area (Å²) < 4.78 is 37.8. The highest BCUT2D eigenvalue weighted by molar-refractivity contribution is 7.89. The molecular weight excluding hydrogens is 368 g/mol. The molecule has 8 heteroatoms. The lowest BCUT2D eigenvalue weighted by atomic mass is 10.2. The maximum Gasteiger partial charge on any atom is 0.253 e. The van der Waals surface area contributed by atoms with Gasteiger partial charge in [0.05, 0.1) is 24.2 Å². The molecule has 1 saturated carbocycles. The summed E-state index contributed by atoms with van der Waals surface area (Å²) in [6, 6.07) is 6.26. The van der Waals surface area contributed by atoms with Crippen LogP contribution < -0.4 is 0 Å². The van der Waals surface area contributed by atoms with Crippen LogP contribution in [0.4, 0.5) is 0 Å². The van der Waals surface area contributed by atoms with Gasteiger partial charge in [0, 0.05) is 38.3 Å². The molecule has 0 aromatic heterocycles. The number of ether oxygens (including phenoxy) is 2. The van der Waals surface area contributed by atoms with Crippen molar-refractivity contribution in [3.05, 3.63) is 29.8 Å². The van der Waals surface area contributed by atoms with Crippen molar-refractivity contribution in [2.75, 3.05) is 46.0 Å². The molecule has 7 nitrogen and oxygen atoms in total. The number of hydrogen-bond donors (Lipinski definition) is 0. The highest BCUT2D eigenvalue weighted by Gasteiger charge is 2.31. The van der Waals surface area contributed by atoms with Crippen molar-refractivity contribution in [1.29, 1.82) is 0 Å². The fourth-order valence-corrected chi connectivity index (χ4v) is 4.90. The largest absolute Gasteiger partial charge is 0.379 e. The van der Waals surface area contributed by atoms with Crippen molar-refractivity contribution < 1.29 is 22.7 Å². The van der Waals surface area contributed by atoms with E-state index < -0.39 is 10.0 Å². The van der Waals surface area contributed by atoms with Crippen LogP contribution >= 0.6 is 0 Å². The second-order valence-electron chi connectivity index (χ2n) is 7.48. The van der Waals surface area contributed by atoms with Gasteiger partial charge in [0.15, 0.2) is 0 Å². The Hall–Kier alpha value is -1.48. The van der Waals surface area contributed by atoms with Crippen LogP contribution in [-0.4, -0.2) is 75.6 Å². The van der Waals surface area contributed by atoms with E-state index in [9.17, 15) is 13.2 Å². The van der Waals surface area contributed by atoms with E-state index in [0.29, 0.717) is 45.0 Å². The third-order valence-corrected chi connectivity index (χ3v) is 7.32. The fourth-order valence-electron chi connectivity index (χ4n) is 3.49. The first-order chi connectivity index (χ1) is 13.0. The van der Waals surface area contributed by atoms with Crippen LogP contribution in [0.5, 0.6) is 0 Å². The van der Waals surface area contributed by atoms with Gasteiger partial charge in [-0.2, -0.15) is 4.31 Å². The van der Waals surface area contributed by atoms with Gasteiger partial charge < -0.3 is 14.4 Å². The normalized spacial score (nSPS) is 24.3. The molecular formula is C19H26N2O5S. The average molecular weight is 394 g/mol. The SMILES string of the molecule is O=C(c1ccc(S(=O)(=O)N2CCOCC2)cc1)N1CCC(OCC2CC2)C1. The molecule has 1 atom stereocenters. The van der Waals surface area contributed by atoms with Crippen molar-refractivity contribution in [1.82, 2.24) is 9.21 Å². The summed E-state index contributed by atoms with van der Waals surface area (Å²) in [5.41, 5.74) is 0.513. The van der Waals surface area contributed by atoms with E-state index in [-0.39, 0.29) is 16.9 Å². The zero-order valence-corrected chi connectivity index (χ0v) is 16.2. The lowest BCUT2D eigenvalue weighted by Crippen LogP contribution is -2.40. The molecule has 2 saturated heterocycles. The van der Waals surface area contributed by atoms with E-state index >= 15 is 0 Å². The molecule has 2 aliphatic heterocycles. The Morgan fingerprint density at radius 3 is 2.44 bits per heavy atom. The summed E-state index contributed by atoms with van der Waals surface area (Å²) in [5, 5.41) is 0. The van der Waals surface area contributed by atoms with Gasteiger partial charge in [-0.25, -0.2) is 8.42 Å². The topological polar surface area (TPSA) is 76.2 Å². The summed E-state index contributed by atoms with van der Waals surface area (Å²) in [5.74, 6) is 0.651. The van der Waals surface area contributed by atoms with Crippen LogP contribution in [0.2, 0.25) is 0 Å². The van der Waals surface area contributed by atoms with Crippen LogP contribution in [0.1, 0.15) is 29.6 Å². The lowest BCUT2D eigenvalue weighted by molar-refractivity contribution is 0.0480. The number of sulfonamides is 1. The van der Waals surface area contributed by atoms with E-state index in [1.807, 2.05) is 0 Å². The van der Waals surface area contributed by atoms with E-state index in [1.165, 1.54) is 29.3 Å². The van der Waals surface area contributed by atoms with Crippen molar-refractivity contribution in [3.63, 3.8) is 0 Å². The zero-order valence-electron chi connectivity index (χ0n) is 15.4. The molecule has 0 spiro atoms. The summed E-state index contributed by atoms with van der Waals surface area (Å²) in [4.78, 5) is 14.7. The molecule has 27 heavy (non-hydrogen) atoms. The highest BCUT2D eigenvalue weighted by atomic mass is 32.2. The molecule has 148 valence electrons. The van der Waals surface area contributed by atoms with E-state index in [4.69, 9.17) is 9.47 Å². The number of amides is 1. The minimum Gasteiger partial charge on any atom is -0.379 e. The van der Waals surface area contributed by atoms with Crippen LogP contribution in [-0.2, 0) is 19.5 Å². The summed E-state index contributed by atoms with van der Waals surface area (Å²) >= 11 is 0. The summed E-state index contributed by atoms with van der Waals surface area (Å²) in [6.45, 7) is 3.64. The molecule has 1 amide bonds. The lowest BCUT2D eigenvalue weighted by Gasteiger charge is -2.26. The Labute approximate surface area is 160 Å². The van der Waals surface area contributed by atoms with Crippen molar-refractivity contribution in [2.45, 2.75) is 30.3 Å². The Morgan fingerprint density at radius 2 is 1.78 bits per heavy atom. The Kier molecular flexibility index (Phi) is 5.50. The number of rotatable bonds is 6. The molecule has 0 bridgehead atoms. The quantitative estimate of drug-likeness (QED) is 0.728. The van der Waals surface area contributed by atoms with Gasteiger partial charge in [-0.3, -0.25) is 4.79 Å². The molecule has 3 aliphatic rings. The van der Waals surface area contributed by atoms with E-state index in [1.54, 1.807) is 17.0 Å². The maximum atomic E-state index is 12.7. The van der Waals surface area contributed by atoms with Gasteiger partial charge >= 0.3 is 0 Å². The number of likely N-dealkylation sites (tertiary alicyclic amines) is 1. The number of hydrogen-bond acceptors (Lipinski definition) is 5. The van der Waals surface area contributed by atoms with Crippen LogP contribution in [0, 0.1) is 5.92 Å². The molecule has 0 radical (unpaired) electrons. The monoisotopic (exact) mass is 394 g/mol. The molecule has 3 fully saturated rings. The van der Waals surface area contributed by atoms with Crippen molar-refractivity contribution in [2.24, 2.45) is 5.92 Å². The Bertz CT molecular complexity index is 770. The van der Waals surface area contributed by atoms with Crippen LogP contribution in [0.3, 0.4) is 0 Å². The van der Waals surface area contributed by atoms with Crippen LogP contribution in [0.15, 0.2) is 29.2 Å². The molecule has 0 N–H and O–H groups in total. The van der Waals surface area contributed by atoms with E-state index in [0.717, 1.165) is 18.9 Å². The number of nitrogens with zero attached hydrogens (tertiary/aromatic N) is 2. The first kappa shape index (κ1) is 18.9. The predicted molar refractivity (Wildman–Crippen MR) is 99.0 cm³/mol. The minimum absolute atomic E-state index is 0.0668. The molecule has 1 aromatic carbocycles. The molecule has 1 aromatic rings. The summed E-state index contributed by atoms with van der Waals surface area (Å²) in [7, 11) is -3.53. The van der Waals surface area contributed by atoms with Crippen molar-refractivity contribution >= 4 is 15.9 Å². The number of carbonyl (C=O) groups is 1. The smallest absolute Gasteiger partial charge is 0.253 e. The second kappa shape index (κ2) is 7.87. The second-order valence-corrected chi connectivity index (χ2v) is 9.42. The number of morpholine rings is 1. The zero-order chi connectivity index (χ0) is 18.9. The molecule has 2 heterocycles. The van der Waals surface area contributed by atoms with Crippen molar-refractivity contribution in [3.8, 4) is 0 Å². The third kappa shape index (κ3) is 4.34. The average Bonchev–Trinajstić information content (AvgIpc) is 3.42. The predicted octanol–water partition coefficient (Wildman–Crippen LogP) is 1.35. The van der Waals surface area contributed by atoms with Crippen LogP contribution in [0.25, 0.3) is 0 Å². The first-order valence-corrected chi connectivity index (χ1v) is 11.1. The first-order valence-electron chi connectivity index (χ1n) is 9.63. The molecule has 1 unspecified atom stereocenters. The fraction of sp³-hybridized carbons (Fsp3) is 0.632. The third-order valence-electron chi connectivity index (χ3n) is 5.41. The summed E-state index contributed by atoms with van der Waals surface area (Å²) in [6.07, 6.45) is 3.50. The number of benzene rings is 1. The minimum atomic E-state index is -3.53. The highest BCUT2D eigenvalue weighted by Crippen LogP contribution is 2.30. The standard InChI is InChI=1S/C19H26N2O5S/c22-19(20-8-7-17(13-20)26-14-15-1-2-15)16-3-5-18(6-4-16)27(23,24)21-9-11-25-12-10-21/h3-6,15,17H,1-2,7-14H2. The van der Waals surface area contributed by atoms with Gasteiger partial charge in [-0.05, 0) is 49.4 Å². The van der Waals surface area contributed by atoms with Gasteiger partial charge in [0.1, 0.15) is 0 Å². The van der Waals surface area contributed by atoms with Gasteiger partial charge in [0.25, 0.3) is 5.91 Å². The van der Waals surface area contributed by atoms with Gasteiger partial charge in [-0.15, -0.1) is 0 Å².